The smallest absolute Gasteiger partial charge is 0.264 e. The van der Waals surface area contributed by atoms with Crippen LogP contribution < -0.4 is 9.04 Å². The number of anilines is 1. The average molecular weight is 479 g/mol. The number of rotatable bonds is 5. The molecule has 0 saturated carbocycles. The van der Waals surface area contributed by atoms with E-state index in [-0.39, 0.29) is 40.0 Å². The summed E-state index contributed by atoms with van der Waals surface area (Å²) in [4.78, 5) is 16.7. The highest BCUT2D eigenvalue weighted by Crippen LogP contribution is 2.36. The van der Waals surface area contributed by atoms with Gasteiger partial charge in [0.2, 0.25) is 5.88 Å². The van der Waals surface area contributed by atoms with Crippen molar-refractivity contribution in [2.24, 2.45) is 0 Å². The van der Waals surface area contributed by atoms with Gasteiger partial charge in [-0.15, -0.1) is 0 Å². The summed E-state index contributed by atoms with van der Waals surface area (Å²) in [6.45, 7) is 1.68. The van der Waals surface area contributed by atoms with Crippen molar-refractivity contribution in [1.82, 2.24) is 4.98 Å². The van der Waals surface area contributed by atoms with Gasteiger partial charge >= 0.3 is 0 Å². The van der Waals surface area contributed by atoms with Crippen molar-refractivity contribution >= 4 is 33.1 Å². The van der Waals surface area contributed by atoms with Crippen molar-refractivity contribution in [3.05, 3.63) is 82.5 Å². The highest BCUT2D eigenvalue weighted by Gasteiger charge is 2.34. The summed E-state index contributed by atoms with van der Waals surface area (Å²) < 4.78 is 60.6. The molecular weight excluding hydrogens is 462 g/mol. The molecule has 1 aliphatic rings. The fourth-order valence-electron chi connectivity index (χ4n) is 3.41. The zero-order valence-electron chi connectivity index (χ0n) is 16.8. The predicted molar refractivity (Wildman–Crippen MR) is 115 cm³/mol. The number of sulfonamides is 1. The minimum atomic E-state index is -4.06. The van der Waals surface area contributed by atoms with Gasteiger partial charge in [0.15, 0.2) is 5.78 Å². The lowest BCUT2D eigenvalue weighted by Gasteiger charge is -2.33. The lowest BCUT2D eigenvalue weighted by molar-refractivity contribution is 0.0989. The average Bonchev–Trinajstić information content (AvgIpc) is 2.73. The number of ketones is 1. The van der Waals surface area contributed by atoms with Crippen LogP contribution in [0.3, 0.4) is 0 Å². The van der Waals surface area contributed by atoms with Gasteiger partial charge in [-0.25, -0.2) is 22.2 Å². The quantitative estimate of drug-likeness (QED) is 0.507. The summed E-state index contributed by atoms with van der Waals surface area (Å²) in [6.07, 6.45) is 0.627. The molecule has 1 atom stereocenters. The Kier molecular flexibility index (Phi) is 5.87. The number of benzene rings is 2. The molecule has 166 valence electrons. The molecule has 3 aromatic rings. The molecule has 32 heavy (non-hydrogen) atoms. The molecule has 0 spiro atoms. The van der Waals surface area contributed by atoms with Crippen LogP contribution in [-0.2, 0) is 16.4 Å². The maximum absolute atomic E-state index is 14.1. The Morgan fingerprint density at radius 1 is 1.22 bits per heavy atom. The Bertz CT molecular complexity index is 1280. The standard InChI is InChI=1S/C22H17ClF2N2O4S/c1-13-12-27(32(29,30)16-7-5-15(24)6-8-16)19-9-14(11-26-22(19)31-13)10-20(28)21-17(23)3-2-4-18(21)25/h2-9,11,13H,10,12H2,1H3/t13-/m0/s1. The van der Waals surface area contributed by atoms with Gasteiger partial charge in [0.05, 0.1) is 22.0 Å². The molecule has 0 bridgehead atoms. The molecule has 2 heterocycles. The van der Waals surface area contributed by atoms with E-state index in [4.69, 9.17) is 16.3 Å². The number of halogens is 3. The number of carbonyl (C=O) groups excluding carboxylic acids is 1. The molecule has 4 rings (SSSR count). The van der Waals surface area contributed by atoms with Crippen molar-refractivity contribution in [2.45, 2.75) is 24.3 Å². The van der Waals surface area contributed by atoms with Gasteiger partial charge in [-0.1, -0.05) is 17.7 Å². The molecule has 1 aromatic heterocycles. The van der Waals surface area contributed by atoms with Crippen molar-refractivity contribution < 1.29 is 26.7 Å². The van der Waals surface area contributed by atoms with E-state index in [1.807, 2.05) is 0 Å². The van der Waals surface area contributed by atoms with Crippen LogP contribution in [0.15, 0.2) is 59.6 Å². The molecule has 0 saturated heterocycles. The summed E-state index contributed by atoms with van der Waals surface area (Å²) >= 11 is 5.97. The number of carbonyl (C=O) groups is 1. The molecule has 2 aromatic carbocycles. The molecule has 1 aliphatic heterocycles. The van der Waals surface area contributed by atoms with E-state index in [1.165, 1.54) is 36.5 Å². The Balaban J connectivity index is 1.71. The number of fused-ring (bicyclic) bond motifs is 1. The molecule has 0 radical (unpaired) electrons. The number of ether oxygens (including phenoxy) is 1. The number of Topliss-reactive ketones (excluding diaryl/α,β-unsaturated/α-hetero) is 1. The van der Waals surface area contributed by atoms with E-state index in [0.29, 0.717) is 5.56 Å². The molecular formula is C22H17ClF2N2O4S. The largest absolute Gasteiger partial charge is 0.471 e. The van der Waals surface area contributed by atoms with Crippen molar-refractivity contribution in [2.75, 3.05) is 10.8 Å². The molecule has 0 N–H and O–H groups in total. The monoisotopic (exact) mass is 478 g/mol. The van der Waals surface area contributed by atoms with Gasteiger partial charge in [-0.2, -0.15) is 0 Å². The van der Waals surface area contributed by atoms with E-state index in [2.05, 4.69) is 4.98 Å². The van der Waals surface area contributed by atoms with Crippen molar-refractivity contribution in [1.29, 1.82) is 0 Å². The second-order valence-corrected chi connectivity index (χ2v) is 9.55. The lowest BCUT2D eigenvalue weighted by Crippen LogP contribution is -2.42. The van der Waals surface area contributed by atoms with Crippen LogP contribution in [0, 0.1) is 11.6 Å². The Labute approximate surface area is 188 Å². The Morgan fingerprint density at radius 3 is 2.62 bits per heavy atom. The topological polar surface area (TPSA) is 76.6 Å². The van der Waals surface area contributed by atoms with E-state index >= 15 is 0 Å². The first-order valence-corrected chi connectivity index (χ1v) is 11.4. The minimum Gasteiger partial charge on any atom is -0.471 e. The molecule has 10 heteroatoms. The first-order valence-electron chi connectivity index (χ1n) is 9.58. The number of hydrogen-bond donors (Lipinski definition) is 0. The second-order valence-electron chi connectivity index (χ2n) is 7.28. The molecule has 0 amide bonds. The van der Waals surface area contributed by atoms with E-state index in [9.17, 15) is 22.0 Å². The van der Waals surface area contributed by atoms with Crippen molar-refractivity contribution in [3.8, 4) is 5.88 Å². The highest BCUT2D eigenvalue weighted by atomic mass is 35.5. The molecule has 6 nitrogen and oxygen atoms in total. The minimum absolute atomic E-state index is 0.00900. The van der Waals surface area contributed by atoms with Gasteiger partial charge < -0.3 is 4.74 Å². The van der Waals surface area contributed by atoms with Crippen LogP contribution in [-0.4, -0.2) is 31.8 Å². The second kappa shape index (κ2) is 8.48. The van der Waals surface area contributed by atoms with Crippen LogP contribution in [0.4, 0.5) is 14.5 Å². The van der Waals surface area contributed by atoms with Crippen LogP contribution in [0.25, 0.3) is 0 Å². The van der Waals surface area contributed by atoms with Crippen LogP contribution in [0.2, 0.25) is 5.02 Å². The maximum atomic E-state index is 14.1. The molecule has 0 unspecified atom stereocenters. The van der Waals surface area contributed by atoms with Gasteiger partial charge in [0.25, 0.3) is 10.0 Å². The third kappa shape index (κ3) is 4.18. The third-order valence-corrected chi connectivity index (χ3v) is 7.01. The number of hydrogen-bond acceptors (Lipinski definition) is 5. The van der Waals surface area contributed by atoms with Gasteiger partial charge in [0.1, 0.15) is 23.4 Å². The summed E-state index contributed by atoms with van der Waals surface area (Å²) in [5.74, 6) is -1.80. The number of nitrogens with zero attached hydrogens (tertiary/aromatic N) is 2. The van der Waals surface area contributed by atoms with Gasteiger partial charge in [-0.3, -0.25) is 9.10 Å². The maximum Gasteiger partial charge on any atom is 0.264 e. The summed E-state index contributed by atoms with van der Waals surface area (Å²) in [5, 5.41) is -0.0152. The summed E-state index contributed by atoms with van der Waals surface area (Å²) in [5.41, 5.74) is 0.246. The van der Waals surface area contributed by atoms with Crippen molar-refractivity contribution in [3.63, 3.8) is 0 Å². The predicted octanol–water partition coefficient (Wildman–Crippen LogP) is 4.41. The van der Waals surface area contributed by atoms with E-state index in [1.54, 1.807) is 6.92 Å². The first kappa shape index (κ1) is 22.2. The van der Waals surface area contributed by atoms with Crippen LogP contribution in [0.5, 0.6) is 5.88 Å². The highest BCUT2D eigenvalue weighted by molar-refractivity contribution is 7.92. The number of pyridine rings is 1. The van der Waals surface area contributed by atoms with E-state index in [0.717, 1.165) is 22.5 Å². The number of aromatic nitrogens is 1. The van der Waals surface area contributed by atoms with Crippen LogP contribution in [0.1, 0.15) is 22.8 Å². The molecule has 0 fully saturated rings. The van der Waals surface area contributed by atoms with Gasteiger partial charge in [0, 0.05) is 12.6 Å². The SMILES string of the molecule is C[C@H]1CN(S(=O)(=O)c2ccc(F)cc2)c2cc(CC(=O)c3c(F)cccc3Cl)cnc2O1. The lowest BCUT2D eigenvalue weighted by atomic mass is 10.0. The fourth-order valence-corrected chi connectivity index (χ4v) is 5.21. The summed E-state index contributed by atoms with van der Waals surface area (Å²) in [7, 11) is -4.06. The summed E-state index contributed by atoms with van der Waals surface area (Å²) in [6, 6.07) is 9.86. The zero-order chi connectivity index (χ0) is 23.0. The Hall–Kier alpha value is -3.04. The van der Waals surface area contributed by atoms with Gasteiger partial charge in [-0.05, 0) is 55.0 Å². The third-order valence-electron chi connectivity index (χ3n) is 4.90. The van der Waals surface area contributed by atoms with E-state index < -0.39 is 33.5 Å². The Morgan fingerprint density at radius 2 is 1.94 bits per heavy atom. The zero-order valence-corrected chi connectivity index (χ0v) is 18.3. The van der Waals surface area contributed by atoms with Crippen LogP contribution >= 0.6 is 11.6 Å². The fraction of sp³-hybridized carbons (Fsp3) is 0.182. The molecule has 0 aliphatic carbocycles. The normalized spacial score (nSPS) is 15.8. The first-order chi connectivity index (χ1) is 15.2.